The second kappa shape index (κ2) is 11.7. The molecule has 30 heavy (non-hydrogen) atoms. The summed E-state index contributed by atoms with van der Waals surface area (Å²) in [7, 11) is 0. The van der Waals surface area contributed by atoms with Gasteiger partial charge in [-0.1, -0.05) is 62.4 Å². The summed E-state index contributed by atoms with van der Waals surface area (Å²) in [4.78, 5) is 38.3. The van der Waals surface area contributed by atoms with Crippen LogP contribution in [0.4, 0.5) is 5.69 Å². The van der Waals surface area contributed by atoms with Crippen LogP contribution in [-0.2, 0) is 22.4 Å². The number of hydrogen-bond donors (Lipinski definition) is 1. The van der Waals surface area contributed by atoms with Crippen molar-refractivity contribution in [3.8, 4) is 0 Å². The second-order valence-corrected chi connectivity index (χ2v) is 7.10. The lowest BCUT2D eigenvalue weighted by molar-refractivity contribution is -0.385. The highest BCUT2D eigenvalue weighted by atomic mass is 16.6. The molecule has 0 aliphatic heterocycles. The van der Waals surface area contributed by atoms with Crippen LogP contribution in [0, 0.1) is 10.1 Å². The largest absolute Gasteiger partial charge is 0.354 e. The van der Waals surface area contributed by atoms with Crippen LogP contribution in [0.25, 0.3) is 0 Å². The number of carbonyl (C=O) groups is 2. The highest BCUT2D eigenvalue weighted by molar-refractivity contribution is 5.88. The molecule has 2 rings (SSSR count). The van der Waals surface area contributed by atoms with Gasteiger partial charge in [0.1, 0.15) is 6.04 Å². The standard InChI is InChI=1S/C23H29N3O4/c1-3-15-24-23(28)20(4-2)25(16-14-18-10-6-5-7-11-18)22(27)17-19-12-8-9-13-21(19)26(29)30/h5-13,20H,3-4,14-17H2,1-2H3,(H,24,28). The number of para-hydroxylation sites is 1. The lowest BCUT2D eigenvalue weighted by atomic mass is 10.1. The molecule has 0 aliphatic carbocycles. The first-order valence-corrected chi connectivity index (χ1v) is 10.3. The van der Waals surface area contributed by atoms with Crippen molar-refractivity contribution in [3.05, 3.63) is 75.8 Å². The summed E-state index contributed by atoms with van der Waals surface area (Å²) in [5.74, 6) is -0.484. The lowest BCUT2D eigenvalue weighted by Crippen LogP contribution is -2.50. The van der Waals surface area contributed by atoms with Crippen LogP contribution in [-0.4, -0.2) is 40.8 Å². The van der Waals surface area contributed by atoms with Crippen LogP contribution < -0.4 is 5.32 Å². The predicted molar refractivity (Wildman–Crippen MR) is 116 cm³/mol. The van der Waals surface area contributed by atoms with Crippen LogP contribution in [0.3, 0.4) is 0 Å². The van der Waals surface area contributed by atoms with Gasteiger partial charge in [0.2, 0.25) is 11.8 Å². The topological polar surface area (TPSA) is 92.6 Å². The van der Waals surface area contributed by atoms with Gasteiger partial charge in [0, 0.05) is 24.7 Å². The Hall–Kier alpha value is -3.22. The highest BCUT2D eigenvalue weighted by Crippen LogP contribution is 2.20. The molecular formula is C23H29N3O4. The fraction of sp³-hybridized carbons (Fsp3) is 0.391. The minimum absolute atomic E-state index is 0.0858. The number of rotatable bonds is 11. The second-order valence-electron chi connectivity index (χ2n) is 7.10. The van der Waals surface area contributed by atoms with Crippen LogP contribution in [0.2, 0.25) is 0 Å². The average Bonchev–Trinajstić information content (AvgIpc) is 2.75. The van der Waals surface area contributed by atoms with Crippen LogP contribution in [0.5, 0.6) is 0 Å². The van der Waals surface area contributed by atoms with E-state index in [0.717, 1.165) is 12.0 Å². The van der Waals surface area contributed by atoms with Crippen molar-refractivity contribution in [2.75, 3.05) is 13.1 Å². The fourth-order valence-corrected chi connectivity index (χ4v) is 3.36. The zero-order valence-corrected chi connectivity index (χ0v) is 17.5. The Morgan fingerprint density at radius 1 is 1.07 bits per heavy atom. The third kappa shape index (κ3) is 6.40. The molecule has 0 heterocycles. The molecule has 1 N–H and O–H groups in total. The Balaban J connectivity index is 2.25. The molecule has 0 saturated heterocycles. The van der Waals surface area contributed by atoms with Crippen molar-refractivity contribution in [2.24, 2.45) is 0 Å². The van der Waals surface area contributed by atoms with E-state index in [1.165, 1.54) is 6.07 Å². The Kier molecular flexibility index (Phi) is 9.00. The zero-order valence-electron chi connectivity index (χ0n) is 17.5. The number of amides is 2. The van der Waals surface area contributed by atoms with E-state index >= 15 is 0 Å². The molecule has 1 atom stereocenters. The van der Waals surface area contributed by atoms with Crippen LogP contribution in [0.1, 0.15) is 37.8 Å². The number of carbonyl (C=O) groups excluding carboxylic acids is 2. The van der Waals surface area contributed by atoms with E-state index in [4.69, 9.17) is 0 Å². The number of nitro groups is 1. The average molecular weight is 412 g/mol. The van der Waals surface area contributed by atoms with Crippen molar-refractivity contribution in [1.82, 2.24) is 10.2 Å². The van der Waals surface area contributed by atoms with E-state index in [0.29, 0.717) is 31.5 Å². The molecule has 0 bridgehead atoms. The first-order valence-electron chi connectivity index (χ1n) is 10.3. The maximum atomic E-state index is 13.2. The van der Waals surface area contributed by atoms with E-state index in [9.17, 15) is 19.7 Å². The smallest absolute Gasteiger partial charge is 0.273 e. The van der Waals surface area contributed by atoms with E-state index in [1.54, 1.807) is 23.1 Å². The summed E-state index contributed by atoms with van der Waals surface area (Å²) < 4.78 is 0. The first kappa shape index (κ1) is 23.1. The van der Waals surface area contributed by atoms with E-state index in [-0.39, 0.29) is 23.9 Å². The van der Waals surface area contributed by atoms with Gasteiger partial charge in [-0.25, -0.2) is 0 Å². The van der Waals surface area contributed by atoms with Crippen molar-refractivity contribution >= 4 is 17.5 Å². The molecule has 0 radical (unpaired) electrons. The Bertz CT molecular complexity index is 855. The Morgan fingerprint density at radius 2 is 1.73 bits per heavy atom. The number of nitro benzene ring substituents is 1. The summed E-state index contributed by atoms with van der Waals surface area (Å²) >= 11 is 0. The van der Waals surface area contributed by atoms with Gasteiger partial charge >= 0.3 is 0 Å². The molecule has 0 spiro atoms. The summed E-state index contributed by atoms with van der Waals surface area (Å²) in [5, 5.41) is 14.2. The van der Waals surface area contributed by atoms with Crippen molar-refractivity contribution in [3.63, 3.8) is 0 Å². The van der Waals surface area contributed by atoms with Gasteiger partial charge < -0.3 is 10.2 Å². The lowest BCUT2D eigenvalue weighted by Gasteiger charge is -2.30. The van der Waals surface area contributed by atoms with E-state index in [1.807, 2.05) is 44.2 Å². The third-order valence-electron chi connectivity index (χ3n) is 4.95. The molecule has 0 saturated carbocycles. The summed E-state index contributed by atoms with van der Waals surface area (Å²) in [5.41, 5.74) is 1.32. The number of benzene rings is 2. The summed E-state index contributed by atoms with van der Waals surface area (Å²) in [6, 6.07) is 15.3. The Labute approximate surface area is 177 Å². The summed E-state index contributed by atoms with van der Waals surface area (Å²) in [6.45, 7) is 4.74. The van der Waals surface area contributed by atoms with Gasteiger partial charge in [-0.15, -0.1) is 0 Å². The van der Waals surface area contributed by atoms with Crippen molar-refractivity contribution in [1.29, 1.82) is 0 Å². The SMILES string of the molecule is CCCNC(=O)C(CC)N(CCc1ccccc1)C(=O)Cc1ccccc1[N+](=O)[O-]. The van der Waals surface area contributed by atoms with E-state index < -0.39 is 11.0 Å². The molecule has 0 fully saturated rings. The van der Waals surface area contributed by atoms with Crippen LogP contribution in [0.15, 0.2) is 54.6 Å². The predicted octanol–water partition coefficient (Wildman–Crippen LogP) is 3.51. The highest BCUT2D eigenvalue weighted by Gasteiger charge is 2.29. The van der Waals surface area contributed by atoms with Gasteiger partial charge in [0.25, 0.3) is 5.69 Å². The first-order chi connectivity index (χ1) is 14.5. The molecule has 0 aromatic heterocycles. The number of nitrogens with one attached hydrogen (secondary N) is 1. The van der Waals surface area contributed by atoms with Gasteiger partial charge in [-0.05, 0) is 24.8 Å². The molecule has 2 aromatic carbocycles. The van der Waals surface area contributed by atoms with Gasteiger partial charge in [-0.3, -0.25) is 19.7 Å². The monoisotopic (exact) mass is 411 g/mol. The number of nitrogens with zero attached hydrogens (tertiary/aromatic N) is 2. The molecular weight excluding hydrogens is 382 g/mol. The minimum Gasteiger partial charge on any atom is -0.354 e. The summed E-state index contributed by atoms with van der Waals surface area (Å²) in [6.07, 6.45) is 1.74. The normalized spacial score (nSPS) is 11.5. The Morgan fingerprint density at radius 3 is 2.37 bits per heavy atom. The molecule has 2 amide bonds. The zero-order chi connectivity index (χ0) is 21.9. The van der Waals surface area contributed by atoms with E-state index in [2.05, 4.69) is 5.32 Å². The van der Waals surface area contributed by atoms with Crippen molar-refractivity contribution < 1.29 is 14.5 Å². The van der Waals surface area contributed by atoms with Gasteiger partial charge in [0.15, 0.2) is 0 Å². The quantitative estimate of drug-likeness (QED) is 0.452. The molecule has 160 valence electrons. The third-order valence-corrected chi connectivity index (χ3v) is 4.95. The van der Waals surface area contributed by atoms with Crippen molar-refractivity contribution in [2.45, 2.75) is 45.6 Å². The van der Waals surface area contributed by atoms with Gasteiger partial charge in [-0.2, -0.15) is 0 Å². The minimum atomic E-state index is -0.615. The molecule has 1 unspecified atom stereocenters. The fourth-order valence-electron chi connectivity index (χ4n) is 3.36. The maximum absolute atomic E-state index is 13.2. The molecule has 0 aliphatic rings. The van der Waals surface area contributed by atoms with Gasteiger partial charge in [0.05, 0.1) is 11.3 Å². The number of hydrogen-bond acceptors (Lipinski definition) is 4. The molecule has 7 heteroatoms. The maximum Gasteiger partial charge on any atom is 0.273 e. The molecule has 2 aromatic rings. The molecule has 7 nitrogen and oxygen atoms in total. The van der Waals surface area contributed by atoms with Crippen LogP contribution >= 0.6 is 0 Å².